The SMILES string of the molecule is COc1ccc(SC(C)C(=O)NCC2CCCO2)cc1. The van der Waals surface area contributed by atoms with Crippen LogP contribution in [0.5, 0.6) is 5.75 Å². The standard InChI is InChI=1S/C15H21NO3S/c1-11(15(17)16-10-13-4-3-9-19-13)20-14-7-5-12(18-2)6-8-14/h5-8,11,13H,3-4,9-10H2,1-2H3,(H,16,17). The van der Waals surface area contributed by atoms with Gasteiger partial charge in [-0.25, -0.2) is 0 Å². The third-order valence-corrected chi connectivity index (χ3v) is 4.38. The van der Waals surface area contributed by atoms with E-state index in [0.717, 1.165) is 30.1 Å². The fourth-order valence-corrected chi connectivity index (χ4v) is 2.97. The second-order valence-corrected chi connectivity index (χ2v) is 6.23. The highest BCUT2D eigenvalue weighted by Crippen LogP contribution is 2.25. The predicted octanol–water partition coefficient (Wildman–Crippen LogP) is 2.47. The average molecular weight is 295 g/mol. The van der Waals surface area contributed by atoms with Gasteiger partial charge >= 0.3 is 0 Å². The third kappa shape index (κ3) is 4.42. The summed E-state index contributed by atoms with van der Waals surface area (Å²) < 4.78 is 10.6. The van der Waals surface area contributed by atoms with Crippen molar-refractivity contribution in [1.82, 2.24) is 5.32 Å². The van der Waals surface area contributed by atoms with Gasteiger partial charge in [-0.1, -0.05) is 0 Å². The Kier molecular flexibility index (Phi) is 5.73. The number of ether oxygens (including phenoxy) is 2. The topological polar surface area (TPSA) is 47.6 Å². The molecular weight excluding hydrogens is 274 g/mol. The second-order valence-electron chi connectivity index (χ2n) is 4.82. The molecule has 1 fully saturated rings. The first-order chi connectivity index (χ1) is 9.69. The van der Waals surface area contributed by atoms with Crippen LogP contribution in [-0.2, 0) is 9.53 Å². The number of carbonyl (C=O) groups is 1. The van der Waals surface area contributed by atoms with E-state index in [1.165, 1.54) is 0 Å². The number of amides is 1. The number of methoxy groups -OCH3 is 1. The van der Waals surface area contributed by atoms with Crippen molar-refractivity contribution in [3.63, 3.8) is 0 Å². The molecule has 20 heavy (non-hydrogen) atoms. The third-order valence-electron chi connectivity index (χ3n) is 3.27. The molecule has 1 N–H and O–H groups in total. The molecule has 1 heterocycles. The molecular formula is C15H21NO3S. The monoisotopic (exact) mass is 295 g/mol. The Morgan fingerprint density at radius 1 is 1.50 bits per heavy atom. The predicted molar refractivity (Wildman–Crippen MR) is 80.3 cm³/mol. The number of hydrogen-bond acceptors (Lipinski definition) is 4. The smallest absolute Gasteiger partial charge is 0.233 e. The second kappa shape index (κ2) is 7.55. The lowest BCUT2D eigenvalue weighted by Gasteiger charge is -2.14. The number of nitrogens with one attached hydrogen (secondary N) is 1. The minimum Gasteiger partial charge on any atom is -0.497 e. The molecule has 110 valence electrons. The van der Waals surface area contributed by atoms with Gasteiger partial charge in [0.25, 0.3) is 0 Å². The van der Waals surface area contributed by atoms with Crippen LogP contribution in [0.15, 0.2) is 29.2 Å². The van der Waals surface area contributed by atoms with E-state index >= 15 is 0 Å². The van der Waals surface area contributed by atoms with E-state index in [0.29, 0.717) is 6.54 Å². The minimum atomic E-state index is -0.121. The lowest BCUT2D eigenvalue weighted by atomic mass is 10.2. The Morgan fingerprint density at radius 2 is 2.25 bits per heavy atom. The summed E-state index contributed by atoms with van der Waals surface area (Å²) in [5.41, 5.74) is 0. The molecule has 5 heteroatoms. The Balaban J connectivity index is 1.77. The van der Waals surface area contributed by atoms with Crippen LogP contribution in [0.4, 0.5) is 0 Å². The van der Waals surface area contributed by atoms with Gasteiger partial charge in [-0.3, -0.25) is 4.79 Å². The molecule has 0 aromatic heterocycles. The van der Waals surface area contributed by atoms with Gasteiger partial charge in [0.05, 0.1) is 18.5 Å². The van der Waals surface area contributed by atoms with Crippen molar-refractivity contribution < 1.29 is 14.3 Å². The molecule has 0 saturated carbocycles. The van der Waals surface area contributed by atoms with Gasteiger partial charge in [0.1, 0.15) is 5.75 Å². The summed E-state index contributed by atoms with van der Waals surface area (Å²) in [6.07, 6.45) is 2.33. The molecule has 0 spiro atoms. The Morgan fingerprint density at radius 3 is 2.85 bits per heavy atom. The van der Waals surface area contributed by atoms with Gasteiger partial charge in [0.2, 0.25) is 5.91 Å². The van der Waals surface area contributed by atoms with Crippen molar-refractivity contribution >= 4 is 17.7 Å². The summed E-state index contributed by atoms with van der Waals surface area (Å²) in [5, 5.41) is 2.84. The molecule has 1 aliphatic rings. The lowest BCUT2D eigenvalue weighted by Crippen LogP contribution is -2.36. The summed E-state index contributed by atoms with van der Waals surface area (Å²) in [6.45, 7) is 3.35. The van der Waals surface area contributed by atoms with Crippen LogP contribution in [-0.4, -0.2) is 37.5 Å². The first-order valence-electron chi connectivity index (χ1n) is 6.89. The molecule has 1 aliphatic heterocycles. The molecule has 0 aliphatic carbocycles. The van der Waals surface area contributed by atoms with Crippen LogP contribution in [0.3, 0.4) is 0 Å². The van der Waals surface area contributed by atoms with E-state index in [9.17, 15) is 4.79 Å². The van der Waals surface area contributed by atoms with Crippen molar-refractivity contribution in [3.8, 4) is 5.75 Å². The van der Waals surface area contributed by atoms with Crippen molar-refractivity contribution in [2.75, 3.05) is 20.3 Å². The fraction of sp³-hybridized carbons (Fsp3) is 0.533. The number of rotatable bonds is 6. The first kappa shape index (κ1) is 15.2. The highest BCUT2D eigenvalue weighted by Gasteiger charge is 2.19. The maximum atomic E-state index is 12.0. The zero-order chi connectivity index (χ0) is 14.4. The van der Waals surface area contributed by atoms with E-state index < -0.39 is 0 Å². The zero-order valence-electron chi connectivity index (χ0n) is 11.9. The van der Waals surface area contributed by atoms with Crippen LogP contribution in [0.25, 0.3) is 0 Å². The number of carbonyl (C=O) groups excluding carboxylic acids is 1. The highest BCUT2D eigenvalue weighted by atomic mass is 32.2. The van der Waals surface area contributed by atoms with Gasteiger partial charge in [0.15, 0.2) is 0 Å². The van der Waals surface area contributed by atoms with E-state index in [2.05, 4.69) is 5.32 Å². The fourth-order valence-electron chi connectivity index (χ4n) is 2.08. The van der Waals surface area contributed by atoms with Gasteiger partial charge in [-0.05, 0) is 44.0 Å². The van der Waals surface area contributed by atoms with Crippen LogP contribution < -0.4 is 10.1 Å². The van der Waals surface area contributed by atoms with Crippen molar-refractivity contribution in [2.24, 2.45) is 0 Å². The normalized spacial score (nSPS) is 19.6. The van der Waals surface area contributed by atoms with Crippen LogP contribution >= 0.6 is 11.8 Å². The Labute approximate surface area is 124 Å². The van der Waals surface area contributed by atoms with Gasteiger partial charge in [-0.2, -0.15) is 0 Å². The summed E-state index contributed by atoms with van der Waals surface area (Å²) >= 11 is 1.54. The molecule has 4 nitrogen and oxygen atoms in total. The summed E-state index contributed by atoms with van der Waals surface area (Å²) in [6, 6.07) is 7.74. The molecule has 2 atom stereocenters. The van der Waals surface area contributed by atoms with Crippen LogP contribution in [0, 0.1) is 0 Å². The van der Waals surface area contributed by atoms with Crippen molar-refractivity contribution in [3.05, 3.63) is 24.3 Å². The van der Waals surface area contributed by atoms with Crippen LogP contribution in [0.2, 0.25) is 0 Å². The molecule has 1 aromatic rings. The Bertz CT molecular complexity index is 429. The highest BCUT2D eigenvalue weighted by molar-refractivity contribution is 8.00. The average Bonchev–Trinajstić information content (AvgIpc) is 2.98. The maximum Gasteiger partial charge on any atom is 0.233 e. The maximum absolute atomic E-state index is 12.0. The zero-order valence-corrected chi connectivity index (χ0v) is 12.7. The molecule has 1 saturated heterocycles. The van der Waals surface area contributed by atoms with E-state index in [4.69, 9.17) is 9.47 Å². The largest absolute Gasteiger partial charge is 0.497 e. The van der Waals surface area contributed by atoms with Crippen LogP contribution in [0.1, 0.15) is 19.8 Å². The number of hydrogen-bond donors (Lipinski definition) is 1. The summed E-state index contributed by atoms with van der Waals surface area (Å²) in [7, 11) is 1.64. The summed E-state index contributed by atoms with van der Waals surface area (Å²) in [5.74, 6) is 0.881. The first-order valence-corrected chi connectivity index (χ1v) is 7.77. The van der Waals surface area contributed by atoms with Gasteiger partial charge < -0.3 is 14.8 Å². The quantitative estimate of drug-likeness (QED) is 0.819. The molecule has 0 bridgehead atoms. The number of thioether (sulfide) groups is 1. The van der Waals surface area contributed by atoms with E-state index in [1.807, 2.05) is 31.2 Å². The summed E-state index contributed by atoms with van der Waals surface area (Å²) in [4.78, 5) is 13.1. The molecule has 2 rings (SSSR count). The van der Waals surface area contributed by atoms with E-state index in [-0.39, 0.29) is 17.3 Å². The van der Waals surface area contributed by atoms with Crippen molar-refractivity contribution in [2.45, 2.75) is 36.0 Å². The van der Waals surface area contributed by atoms with Crippen molar-refractivity contribution in [1.29, 1.82) is 0 Å². The van der Waals surface area contributed by atoms with Gasteiger partial charge in [-0.15, -0.1) is 11.8 Å². The number of benzene rings is 1. The molecule has 0 radical (unpaired) electrons. The Hall–Kier alpha value is -1.20. The lowest BCUT2D eigenvalue weighted by molar-refractivity contribution is -0.120. The minimum absolute atomic E-state index is 0.0568. The van der Waals surface area contributed by atoms with Gasteiger partial charge in [0, 0.05) is 18.0 Å². The molecule has 2 unspecified atom stereocenters. The molecule has 1 amide bonds. The molecule has 1 aromatic carbocycles. The van der Waals surface area contributed by atoms with E-state index in [1.54, 1.807) is 18.9 Å².